The summed E-state index contributed by atoms with van der Waals surface area (Å²) in [6.45, 7) is 5.42. The quantitative estimate of drug-likeness (QED) is 0.809. The minimum atomic E-state index is 0.834. The average Bonchev–Trinajstić information content (AvgIpc) is 2.75. The molecule has 0 radical (unpaired) electrons. The molecule has 4 nitrogen and oxygen atoms in total. The smallest absolute Gasteiger partial charge is 0.138 e. The number of hydrogen-bond acceptors (Lipinski definition) is 3. The van der Waals surface area contributed by atoms with Crippen LogP contribution in [0.3, 0.4) is 0 Å². The predicted molar refractivity (Wildman–Crippen MR) is 59.6 cm³/mol. The lowest BCUT2D eigenvalue weighted by Crippen LogP contribution is -2.30. The average molecular weight is 208 g/mol. The van der Waals surface area contributed by atoms with Crippen LogP contribution in [0.1, 0.15) is 32.0 Å². The molecule has 0 aromatic carbocycles. The molecular weight excluding hydrogens is 188 g/mol. The van der Waals surface area contributed by atoms with Crippen LogP contribution < -0.4 is 5.32 Å². The molecule has 1 unspecified atom stereocenters. The SMILES string of the molecule is CCn1ncnc1CCC1CCCNC1. The van der Waals surface area contributed by atoms with Gasteiger partial charge in [0.2, 0.25) is 0 Å². The van der Waals surface area contributed by atoms with Gasteiger partial charge in [-0.05, 0) is 45.2 Å². The van der Waals surface area contributed by atoms with E-state index in [1.165, 1.54) is 32.4 Å². The van der Waals surface area contributed by atoms with Gasteiger partial charge in [-0.2, -0.15) is 5.10 Å². The summed E-state index contributed by atoms with van der Waals surface area (Å²) in [7, 11) is 0. The first-order valence-corrected chi connectivity index (χ1v) is 5.97. The molecule has 0 amide bonds. The molecule has 15 heavy (non-hydrogen) atoms. The highest BCUT2D eigenvalue weighted by Gasteiger charge is 2.13. The maximum atomic E-state index is 4.30. The van der Waals surface area contributed by atoms with Crippen molar-refractivity contribution < 1.29 is 0 Å². The highest BCUT2D eigenvalue weighted by Crippen LogP contribution is 2.16. The van der Waals surface area contributed by atoms with E-state index in [-0.39, 0.29) is 0 Å². The number of aromatic nitrogens is 3. The first-order valence-electron chi connectivity index (χ1n) is 5.97. The highest BCUT2D eigenvalue weighted by molar-refractivity contribution is 4.86. The van der Waals surface area contributed by atoms with Crippen molar-refractivity contribution in [1.29, 1.82) is 0 Å². The van der Waals surface area contributed by atoms with Crippen LogP contribution in [0.5, 0.6) is 0 Å². The summed E-state index contributed by atoms with van der Waals surface area (Å²) in [6.07, 6.45) is 6.67. The van der Waals surface area contributed by atoms with Crippen LogP contribution in [0.25, 0.3) is 0 Å². The predicted octanol–water partition coefficient (Wildman–Crippen LogP) is 1.23. The van der Waals surface area contributed by atoms with Gasteiger partial charge >= 0.3 is 0 Å². The van der Waals surface area contributed by atoms with Crippen molar-refractivity contribution in [2.45, 2.75) is 39.2 Å². The van der Waals surface area contributed by atoms with Gasteiger partial charge in [-0.1, -0.05) is 0 Å². The molecular formula is C11H20N4. The van der Waals surface area contributed by atoms with E-state index in [9.17, 15) is 0 Å². The zero-order chi connectivity index (χ0) is 10.5. The second-order valence-corrected chi connectivity index (χ2v) is 4.24. The monoisotopic (exact) mass is 208 g/mol. The summed E-state index contributed by atoms with van der Waals surface area (Å²) in [6, 6.07) is 0. The van der Waals surface area contributed by atoms with Gasteiger partial charge in [-0.3, -0.25) is 4.68 Å². The Bertz CT molecular complexity index is 289. The Balaban J connectivity index is 1.81. The number of rotatable bonds is 4. The van der Waals surface area contributed by atoms with Crippen LogP contribution in [0.2, 0.25) is 0 Å². The number of hydrogen-bond donors (Lipinski definition) is 1. The molecule has 0 saturated carbocycles. The van der Waals surface area contributed by atoms with Gasteiger partial charge in [-0.15, -0.1) is 0 Å². The van der Waals surface area contributed by atoms with Crippen LogP contribution in [0.4, 0.5) is 0 Å². The third-order valence-corrected chi connectivity index (χ3v) is 3.17. The van der Waals surface area contributed by atoms with Gasteiger partial charge in [0.05, 0.1) is 0 Å². The van der Waals surface area contributed by atoms with Crippen molar-refractivity contribution in [2.75, 3.05) is 13.1 Å². The van der Waals surface area contributed by atoms with Crippen LogP contribution in [-0.2, 0) is 13.0 Å². The largest absolute Gasteiger partial charge is 0.316 e. The number of aryl methyl sites for hydroxylation is 2. The molecule has 4 heteroatoms. The molecule has 1 fully saturated rings. The minimum absolute atomic E-state index is 0.834. The van der Waals surface area contributed by atoms with E-state index >= 15 is 0 Å². The minimum Gasteiger partial charge on any atom is -0.316 e. The Labute approximate surface area is 91.1 Å². The van der Waals surface area contributed by atoms with Gasteiger partial charge in [0.1, 0.15) is 12.2 Å². The van der Waals surface area contributed by atoms with E-state index in [0.717, 1.165) is 24.7 Å². The van der Waals surface area contributed by atoms with Crippen molar-refractivity contribution in [1.82, 2.24) is 20.1 Å². The first kappa shape index (κ1) is 10.6. The lowest BCUT2D eigenvalue weighted by atomic mass is 9.94. The van der Waals surface area contributed by atoms with Crippen LogP contribution in [0, 0.1) is 5.92 Å². The van der Waals surface area contributed by atoms with E-state index in [1.807, 2.05) is 4.68 Å². The van der Waals surface area contributed by atoms with E-state index in [4.69, 9.17) is 0 Å². The zero-order valence-corrected chi connectivity index (χ0v) is 9.45. The van der Waals surface area contributed by atoms with E-state index in [1.54, 1.807) is 6.33 Å². The second-order valence-electron chi connectivity index (χ2n) is 4.24. The molecule has 1 saturated heterocycles. The lowest BCUT2D eigenvalue weighted by molar-refractivity contribution is 0.354. The molecule has 1 N–H and O–H groups in total. The normalized spacial score (nSPS) is 21.8. The summed E-state index contributed by atoms with van der Waals surface area (Å²) in [4.78, 5) is 4.30. The number of nitrogens with zero attached hydrogens (tertiary/aromatic N) is 3. The molecule has 0 spiro atoms. The number of piperidine rings is 1. The molecule has 1 aromatic rings. The van der Waals surface area contributed by atoms with Gasteiger partial charge in [0.25, 0.3) is 0 Å². The molecule has 1 aromatic heterocycles. The van der Waals surface area contributed by atoms with Crippen LogP contribution >= 0.6 is 0 Å². The molecule has 0 bridgehead atoms. The highest BCUT2D eigenvalue weighted by atomic mass is 15.3. The molecule has 0 aliphatic carbocycles. The molecule has 1 atom stereocenters. The van der Waals surface area contributed by atoms with E-state index < -0.39 is 0 Å². The fourth-order valence-electron chi connectivity index (χ4n) is 2.25. The Morgan fingerprint density at radius 1 is 1.60 bits per heavy atom. The summed E-state index contributed by atoms with van der Waals surface area (Å²) in [5.74, 6) is 1.98. The maximum absolute atomic E-state index is 4.30. The maximum Gasteiger partial charge on any atom is 0.138 e. The van der Waals surface area contributed by atoms with Crippen LogP contribution in [0.15, 0.2) is 6.33 Å². The fourth-order valence-corrected chi connectivity index (χ4v) is 2.25. The Kier molecular flexibility index (Phi) is 3.72. The van der Waals surface area contributed by atoms with Crippen molar-refractivity contribution in [3.05, 3.63) is 12.2 Å². The third-order valence-electron chi connectivity index (χ3n) is 3.17. The number of nitrogens with one attached hydrogen (secondary N) is 1. The standard InChI is InChI=1S/C11H20N4/c1-2-15-11(13-9-14-15)6-5-10-4-3-7-12-8-10/h9-10,12H,2-8H2,1H3. The first-order chi connectivity index (χ1) is 7.40. The van der Waals surface area contributed by atoms with Gasteiger partial charge in [-0.25, -0.2) is 4.98 Å². The lowest BCUT2D eigenvalue weighted by Gasteiger charge is -2.22. The Hall–Kier alpha value is -0.900. The van der Waals surface area contributed by atoms with E-state index in [2.05, 4.69) is 22.3 Å². The topological polar surface area (TPSA) is 42.7 Å². The van der Waals surface area contributed by atoms with Gasteiger partial charge < -0.3 is 5.32 Å². The summed E-state index contributed by atoms with van der Waals surface area (Å²) in [5, 5.41) is 7.64. The summed E-state index contributed by atoms with van der Waals surface area (Å²) < 4.78 is 2.00. The zero-order valence-electron chi connectivity index (χ0n) is 9.45. The fraction of sp³-hybridized carbons (Fsp3) is 0.818. The Morgan fingerprint density at radius 3 is 3.27 bits per heavy atom. The molecule has 1 aliphatic rings. The van der Waals surface area contributed by atoms with Crippen molar-refractivity contribution in [3.63, 3.8) is 0 Å². The summed E-state index contributed by atoms with van der Waals surface area (Å²) >= 11 is 0. The molecule has 2 rings (SSSR count). The second kappa shape index (κ2) is 5.26. The third kappa shape index (κ3) is 2.78. The van der Waals surface area contributed by atoms with Crippen molar-refractivity contribution >= 4 is 0 Å². The summed E-state index contributed by atoms with van der Waals surface area (Å²) in [5.41, 5.74) is 0. The van der Waals surface area contributed by atoms with Crippen molar-refractivity contribution in [2.24, 2.45) is 5.92 Å². The molecule has 1 aliphatic heterocycles. The molecule has 84 valence electrons. The molecule has 2 heterocycles. The van der Waals surface area contributed by atoms with Gasteiger partial charge in [0, 0.05) is 13.0 Å². The van der Waals surface area contributed by atoms with Gasteiger partial charge in [0.15, 0.2) is 0 Å². The van der Waals surface area contributed by atoms with Crippen LogP contribution in [-0.4, -0.2) is 27.9 Å². The van der Waals surface area contributed by atoms with Crippen molar-refractivity contribution in [3.8, 4) is 0 Å². The Morgan fingerprint density at radius 2 is 2.53 bits per heavy atom. The van der Waals surface area contributed by atoms with E-state index in [0.29, 0.717) is 0 Å².